The molecule has 98 valence electrons. The van der Waals surface area contributed by atoms with Gasteiger partial charge in [0.25, 0.3) is 0 Å². The van der Waals surface area contributed by atoms with Gasteiger partial charge in [-0.05, 0) is 30.2 Å². The number of rotatable bonds is 8. The summed E-state index contributed by atoms with van der Waals surface area (Å²) in [6.45, 7) is 11.0. The lowest BCUT2D eigenvalue weighted by Crippen LogP contribution is -2.21. The molecule has 0 spiro atoms. The van der Waals surface area contributed by atoms with E-state index in [1.165, 1.54) is 0 Å². The number of aliphatic hydroxyl groups is 1. The quantitative estimate of drug-likeness (QED) is 0.547. The molecule has 3 nitrogen and oxygen atoms in total. The Labute approximate surface area is 109 Å². The third kappa shape index (κ3) is 5.17. The van der Waals surface area contributed by atoms with E-state index < -0.39 is 6.10 Å². The summed E-state index contributed by atoms with van der Waals surface area (Å²) in [5, 5.41) is 13.0. The van der Waals surface area contributed by atoms with Gasteiger partial charge in [0.1, 0.15) is 12.4 Å². The highest BCUT2D eigenvalue weighted by molar-refractivity contribution is 5.29. The molecule has 1 aromatic carbocycles. The Morgan fingerprint density at radius 1 is 1.44 bits per heavy atom. The van der Waals surface area contributed by atoms with Crippen LogP contribution in [0.4, 0.5) is 0 Å². The van der Waals surface area contributed by atoms with E-state index >= 15 is 0 Å². The molecule has 18 heavy (non-hydrogen) atoms. The normalized spacial score (nSPS) is 11.9. The first-order valence-corrected chi connectivity index (χ1v) is 6.00. The first-order chi connectivity index (χ1) is 8.63. The standard InChI is InChI=1S/C15H21NO2/c1-4-9-16-10-15(17)13-5-7-14(8-6-13)18-11-12(2)3/h4-8,15-17H,1-2,9-11H2,3H3. The number of benzene rings is 1. The molecule has 0 saturated carbocycles. The van der Waals surface area contributed by atoms with Crippen molar-refractivity contribution in [3.63, 3.8) is 0 Å². The van der Waals surface area contributed by atoms with Crippen LogP contribution >= 0.6 is 0 Å². The number of nitrogens with one attached hydrogen (secondary N) is 1. The molecule has 0 aliphatic carbocycles. The van der Waals surface area contributed by atoms with E-state index in [0.717, 1.165) is 16.9 Å². The number of hydrogen-bond donors (Lipinski definition) is 2. The Balaban J connectivity index is 2.48. The average molecular weight is 247 g/mol. The highest BCUT2D eigenvalue weighted by Crippen LogP contribution is 2.17. The Kier molecular flexibility index (Phi) is 6.19. The van der Waals surface area contributed by atoms with Crippen molar-refractivity contribution in [3.05, 3.63) is 54.6 Å². The summed E-state index contributed by atoms with van der Waals surface area (Å²) < 4.78 is 5.49. The van der Waals surface area contributed by atoms with Crippen LogP contribution < -0.4 is 10.1 Å². The van der Waals surface area contributed by atoms with Crippen LogP contribution in [0.25, 0.3) is 0 Å². The van der Waals surface area contributed by atoms with E-state index in [0.29, 0.717) is 19.7 Å². The molecule has 0 radical (unpaired) electrons. The second-order valence-electron chi connectivity index (χ2n) is 4.28. The van der Waals surface area contributed by atoms with Gasteiger partial charge >= 0.3 is 0 Å². The molecule has 3 heteroatoms. The highest BCUT2D eigenvalue weighted by atomic mass is 16.5. The van der Waals surface area contributed by atoms with Gasteiger partial charge in [-0.3, -0.25) is 0 Å². The molecule has 0 aliphatic rings. The Morgan fingerprint density at radius 3 is 2.67 bits per heavy atom. The van der Waals surface area contributed by atoms with Gasteiger partial charge in [0.15, 0.2) is 0 Å². The number of aliphatic hydroxyl groups excluding tert-OH is 1. The summed E-state index contributed by atoms with van der Waals surface area (Å²) in [4.78, 5) is 0. The molecular formula is C15H21NO2. The smallest absolute Gasteiger partial charge is 0.119 e. The molecule has 1 unspecified atom stereocenters. The fraction of sp³-hybridized carbons (Fsp3) is 0.333. The zero-order chi connectivity index (χ0) is 13.4. The van der Waals surface area contributed by atoms with Gasteiger partial charge in [-0.1, -0.05) is 24.8 Å². The van der Waals surface area contributed by atoms with Crippen LogP contribution in [0.5, 0.6) is 5.75 Å². The van der Waals surface area contributed by atoms with Crippen molar-refractivity contribution in [3.8, 4) is 5.75 Å². The fourth-order valence-corrected chi connectivity index (χ4v) is 1.43. The second kappa shape index (κ2) is 7.69. The summed E-state index contributed by atoms with van der Waals surface area (Å²) in [6.07, 6.45) is 1.25. The van der Waals surface area contributed by atoms with Gasteiger partial charge < -0.3 is 15.2 Å². The Bertz CT molecular complexity index is 384. The van der Waals surface area contributed by atoms with Crippen molar-refractivity contribution in [1.29, 1.82) is 0 Å². The van der Waals surface area contributed by atoms with Gasteiger partial charge in [0.05, 0.1) is 6.10 Å². The van der Waals surface area contributed by atoms with Crippen molar-refractivity contribution in [2.45, 2.75) is 13.0 Å². The topological polar surface area (TPSA) is 41.5 Å². The molecule has 0 aromatic heterocycles. The largest absolute Gasteiger partial charge is 0.489 e. The van der Waals surface area contributed by atoms with E-state index in [1.54, 1.807) is 6.08 Å². The molecule has 1 aromatic rings. The first kappa shape index (κ1) is 14.5. The molecule has 0 saturated heterocycles. The summed E-state index contributed by atoms with van der Waals surface area (Å²) in [5.74, 6) is 0.785. The maximum atomic E-state index is 9.90. The Morgan fingerprint density at radius 2 is 2.11 bits per heavy atom. The van der Waals surface area contributed by atoms with Crippen LogP contribution in [-0.4, -0.2) is 24.8 Å². The van der Waals surface area contributed by atoms with Crippen LogP contribution in [0.3, 0.4) is 0 Å². The monoisotopic (exact) mass is 247 g/mol. The van der Waals surface area contributed by atoms with Crippen molar-refractivity contribution < 1.29 is 9.84 Å². The van der Waals surface area contributed by atoms with Gasteiger partial charge in [-0.2, -0.15) is 0 Å². The molecule has 0 fully saturated rings. The molecule has 0 aliphatic heterocycles. The lowest BCUT2D eigenvalue weighted by molar-refractivity contribution is 0.176. The predicted octanol–water partition coefficient (Wildman–Crippen LogP) is 2.45. The van der Waals surface area contributed by atoms with Crippen LogP contribution in [0.15, 0.2) is 49.1 Å². The van der Waals surface area contributed by atoms with E-state index in [2.05, 4.69) is 18.5 Å². The summed E-state index contributed by atoms with van der Waals surface area (Å²) in [5.41, 5.74) is 1.85. The molecular weight excluding hydrogens is 226 g/mol. The lowest BCUT2D eigenvalue weighted by atomic mass is 10.1. The van der Waals surface area contributed by atoms with Crippen molar-refractivity contribution >= 4 is 0 Å². The SMILES string of the molecule is C=CCNCC(O)c1ccc(OCC(=C)C)cc1. The van der Waals surface area contributed by atoms with Crippen molar-refractivity contribution in [2.75, 3.05) is 19.7 Å². The van der Waals surface area contributed by atoms with Crippen LogP contribution in [0, 0.1) is 0 Å². The molecule has 0 heterocycles. The van der Waals surface area contributed by atoms with E-state index in [-0.39, 0.29) is 0 Å². The zero-order valence-electron chi connectivity index (χ0n) is 10.9. The average Bonchev–Trinajstić information content (AvgIpc) is 2.37. The third-order valence-electron chi connectivity index (χ3n) is 2.38. The van der Waals surface area contributed by atoms with Crippen LogP contribution in [0.2, 0.25) is 0 Å². The Hall–Kier alpha value is -1.58. The van der Waals surface area contributed by atoms with Gasteiger partial charge in [-0.15, -0.1) is 6.58 Å². The molecule has 1 rings (SSSR count). The summed E-state index contributed by atoms with van der Waals surface area (Å²) in [7, 11) is 0. The molecule has 2 N–H and O–H groups in total. The minimum Gasteiger partial charge on any atom is -0.489 e. The van der Waals surface area contributed by atoms with Crippen LogP contribution in [-0.2, 0) is 0 Å². The number of hydrogen-bond acceptors (Lipinski definition) is 3. The van der Waals surface area contributed by atoms with E-state index in [4.69, 9.17) is 4.74 Å². The van der Waals surface area contributed by atoms with Gasteiger partial charge in [0.2, 0.25) is 0 Å². The van der Waals surface area contributed by atoms with E-state index in [9.17, 15) is 5.11 Å². The fourth-order valence-electron chi connectivity index (χ4n) is 1.43. The third-order valence-corrected chi connectivity index (χ3v) is 2.38. The summed E-state index contributed by atoms with van der Waals surface area (Å²) >= 11 is 0. The molecule has 0 bridgehead atoms. The predicted molar refractivity (Wildman–Crippen MR) is 74.8 cm³/mol. The minimum absolute atomic E-state index is 0.512. The number of ether oxygens (including phenoxy) is 1. The minimum atomic E-state index is -0.514. The molecule has 0 amide bonds. The van der Waals surface area contributed by atoms with Gasteiger partial charge in [0, 0.05) is 13.1 Å². The maximum absolute atomic E-state index is 9.90. The first-order valence-electron chi connectivity index (χ1n) is 6.00. The van der Waals surface area contributed by atoms with Crippen LogP contribution in [0.1, 0.15) is 18.6 Å². The maximum Gasteiger partial charge on any atom is 0.119 e. The van der Waals surface area contributed by atoms with E-state index in [1.807, 2.05) is 31.2 Å². The van der Waals surface area contributed by atoms with Crippen molar-refractivity contribution in [1.82, 2.24) is 5.32 Å². The van der Waals surface area contributed by atoms with Gasteiger partial charge in [-0.25, -0.2) is 0 Å². The molecule has 1 atom stereocenters. The van der Waals surface area contributed by atoms with Crippen molar-refractivity contribution in [2.24, 2.45) is 0 Å². The lowest BCUT2D eigenvalue weighted by Gasteiger charge is -2.12. The second-order valence-corrected chi connectivity index (χ2v) is 4.28. The summed E-state index contributed by atoms with van der Waals surface area (Å²) in [6, 6.07) is 7.45. The zero-order valence-corrected chi connectivity index (χ0v) is 10.9. The highest BCUT2D eigenvalue weighted by Gasteiger charge is 2.06.